The molecule has 0 aromatic carbocycles. The van der Waals surface area contributed by atoms with Gasteiger partial charge in [0.15, 0.2) is 0 Å². The molecule has 1 fully saturated rings. The molecule has 0 unspecified atom stereocenters. The summed E-state index contributed by atoms with van der Waals surface area (Å²) in [6.45, 7) is 12.9. The minimum Gasteiger partial charge on any atom is -0.444 e. The number of aromatic nitrogens is 1. The van der Waals surface area contributed by atoms with E-state index in [0.29, 0.717) is 43.4 Å². The van der Waals surface area contributed by atoms with Crippen LogP contribution in [0.15, 0.2) is 22.0 Å². The Balaban J connectivity index is 1.66. The van der Waals surface area contributed by atoms with Crippen molar-refractivity contribution in [3.8, 4) is 0 Å². The normalized spacial score (nSPS) is 15.0. The molecule has 1 aliphatic heterocycles. The molecular weight excluding hydrogens is 652 g/mol. The average molecular weight is 688 g/mol. The number of ether oxygens (including phenoxy) is 3. The molecular formula is C27H35BrN4O6S3. The summed E-state index contributed by atoms with van der Waals surface area (Å²) < 4.78 is 22.8. The van der Waals surface area contributed by atoms with Gasteiger partial charge < -0.3 is 24.4 Å². The smallest absolute Gasteiger partial charge is 0.415 e. The van der Waals surface area contributed by atoms with Gasteiger partial charge in [-0.15, -0.1) is 22.7 Å². The van der Waals surface area contributed by atoms with Gasteiger partial charge in [0.2, 0.25) is 5.91 Å². The topological polar surface area (TPSA) is 110 Å². The number of fused-ring (bicyclic) bond motifs is 1. The largest absolute Gasteiger partial charge is 0.444 e. The zero-order valence-corrected chi connectivity index (χ0v) is 28.0. The average Bonchev–Trinajstić information content (AvgIpc) is 3.59. The maximum Gasteiger partial charge on any atom is 0.415 e. The number of carbonyl (C=O) groups is 3. The lowest BCUT2D eigenvalue weighted by Gasteiger charge is -2.31. The molecule has 1 aliphatic rings. The summed E-state index contributed by atoms with van der Waals surface area (Å²) in [5, 5.41) is 5.41. The molecule has 4 heterocycles. The highest BCUT2D eigenvalue weighted by Crippen LogP contribution is 2.44. The monoisotopic (exact) mass is 686 g/mol. The number of alkyl carbamates (subject to hydrolysis) is 1. The molecule has 41 heavy (non-hydrogen) atoms. The minimum atomic E-state index is -0.859. The first-order valence-electron chi connectivity index (χ1n) is 13.2. The van der Waals surface area contributed by atoms with Crippen LogP contribution in [-0.4, -0.2) is 70.9 Å². The molecule has 1 saturated heterocycles. The minimum absolute atomic E-state index is 0.205. The first-order chi connectivity index (χ1) is 19.2. The Labute approximate surface area is 260 Å². The Morgan fingerprint density at radius 2 is 1.83 bits per heavy atom. The molecule has 3 amide bonds. The van der Waals surface area contributed by atoms with Crippen molar-refractivity contribution < 1.29 is 28.6 Å². The number of hydrogen-bond donors (Lipinski definition) is 1. The number of hydrogen-bond acceptors (Lipinski definition) is 10. The van der Waals surface area contributed by atoms with Crippen LogP contribution in [0.25, 0.3) is 10.2 Å². The molecule has 0 spiro atoms. The number of thiophene rings is 2. The third-order valence-corrected chi connectivity index (χ3v) is 9.95. The van der Waals surface area contributed by atoms with Crippen molar-refractivity contribution in [3.05, 3.63) is 31.7 Å². The lowest BCUT2D eigenvalue weighted by atomic mass is 10.1. The second kappa shape index (κ2) is 12.9. The highest BCUT2D eigenvalue weighted by Gasteiger charge is 2.33. The number of rotatable bonds is 7. The van der Waals surface area contributed by atoms with Gasteiger partial charge in [-0.3, -0.25) is 9.69 Å². The number of nitrogens with zero attached hydrogens (tertiary/aromatic N) is 3. The summed E-state index contributed by atoms with van der Waals surface area (Å²) in [5.41, 5.74) is -0.690. The van der Waals surface area contributed by atoms with Crippen LogP contribution in [0.1, 0.15) is 51.3 Å². The van der Waals surface area contributed by atoms with Gasteiger partial charge in [-0.25, -0.2) is 9.59 Å². The second-order valence-electron chi connectivity index (χ2n) is 11.5. The first kappa shape index (κ1) is 31.7. The van der Waals surface area contributed by atoms with Gasteiger partial charge in [0.1, 0.15) is 27.8 Å². The van der Waals surface area contributed by atoms with Crippen LogP contribution in [0, 0.1) is 0 Å². The van der Waals surface area contributed by atoms with Crippen molar-refractivity contribution in [2.45, 2.75) is 71.8 Å². The predicted molar refractivity (Wildman–Crippen MR) is 166 cm³/mol. The Hall–Kier alpha value is -2.26. The molecule has 0 bridgehead atoms. The Kier molecular flexibility index (Phi) is 10.00. The van der Waals surface area contributed by atoms with E-state index in [1.54, 1.807) is 41.9 Å². The van der Waals surface area contributed by atoms with E-state index in [9.17, 15) is 14.4 Å². The van der Waals surface area contributed by atoms with Crippen LogP contribution < -0.4 is 10.2 Å². The van der Waals surface area contributed by atoms with Gasteiger partial charge in [-0.05, 0) is 80.5 Å². The van der Waals surface area contributed by atoms with E-state index in [1.807, 2.05) is 38.3 Å². The molecule has 4 rings (SSSR count). The van der Waals surface area contributed by atoms with Gasteiger partial charge in [-0.2, -0.15) is 4.37 Å². The van der Waals surface area contributed by atoms with Crippen LogP contribution in [0.4, 0.5) is 14.6 Å². The highest BCUT2D eigenvalue weighted by atomic mass is 79.9. The van der Waals surface area contributed by atoms with Crippen LogP contribution in [0.2, 0.25) is 0 Å². The Morgan fingerprint density at radius 3 is 2.44 bits per heavy atom. The molecule has 0 saturated carbocycles. The Morgan fingerprint density at radius 1 is 1.15 bits per heavy atom. The van der Waals surface area contributed by atoms with Crippen molar-refractivity contribution in [2.75, 3.05) is 31.2 Å². The highest BCUT2D eigenvalue weighted by molar-refractivity contribution is 9.10. The first-order valence-corrected chi connectivity index (χ1v) is 16.4. The molecule has 14 heteroatoms. The molecule has 1 atom stereocenters. The van der Waals surface area contributed by atoms with Crippen molar-refractivity contribution in [2.24, 2.45) is 0 Å². The Bertz CT molecular complexity index is 1370. The van der Waals surface area contributed by atoms with Gasteiger partial charge in [0.05, 0.1) is 28.9 Å². The van der Waals surface area contributed by atoms with Gasteiger partial charge in [-0.1, -0.05) is 6.07 Å². The SMILES string of the molecule is CC(C)(C)OC(=O)N[C@@H](Cc1sc2c(N(Cc3cccs3)C(=O)OC(C)(C)C)snc2c1Br)C(=O)N1CCOCC1. The van der Waals surface area contributed by atoms with Crippen LogP contribution in [0.3, 0.4) is 0 Å². The van der Waals surface area contributed by atoms with Crippen molar-refractivity contribution in [1.82, 2.24) is 14.6 Å². The standard InChI is InChI=1S/C27H35BrN4O6S3/c1-26(2,3)37-24(34)29-17(22(33)31-9-11-36-12-10-31)14-18-19(28)20-21(40-18)23(41-30-20)32(15-16-8-7-13-39-16)25(35)38-27(4,5)6/h7-8,13,17H,9-12,14-15H2,1-6H3,(H,29,34)/t17-/m0/s1. The number of anilines is 1. The summed E-state index contributed by atoms with van der Waals surface area (Å²) in [5.74, 6) is -0.205. The third-order valence-electron chi connectivity index (χ3n) is 5.77. The second-order valence-corrected chi connectivity index (χ2v) is 15.2. The lowest BCUT2D eigenvalue weighted by Crippen LogP contribution is -2.53. The zero-order chi connectivity index (χ0) is 29.9. The molecule has 224 valence electrons. The lowest BCUT2D eigenvalue weighted by molar-refractivity contribution is -0.137. The van der Waals surface area contributed by atoms with Gasteiger partial charge in [0.25, 0.3) is 0 Å². The summed E-state index contributed by atoms with van der Waals surface area (Å²) in [7, 11) is 0. The molecule has 1 N–H and O–H groups in total. The number of halogens is 1. The maximum atomic E-state index is 13.6. The van der Waals surface area contributed by atoms with Crippen LogP contribution in [0.5, 0.6) is 0 Å². The molecule has 0 aliphatic carbocycles. The molecule has 0 radical (unpaired) electrons. The summed E-state index contributed by atoms with van der Waals surface area (Å²) >= 11 is 7.90. The van der Waals surface area contributed by atoms with E-state index in [0.717, 1.165) is 18.9 Å². The van der Waals surface area contributed by atoms with Crippen molar-refractivity contribution in [1.29, 1.82) is 0 Å². The van der Waals surface area contributed by atoms with Crippen molar-refractivity contribution >= 4 is 83.4 Å². The van der Waals surface area contributed by atoms with E-state index >= 15 is 0 Å². The van der Waals surface area contributed by atoms with Crippen molar-refractivity contribution in [3.63, 3.8) is 0 Å². The van der Waals surface area contributed by atoms with E-state index < -0.39 is 29.4 Å². The number of morpholine rings is 1. The van der Waals surface area contributed by atoms with E-state index in [-0.39, 0.29) is 12.3 Å². The van der Waals surface area contributed by atoms with Crippen LogP contribution >= 0.6 is 50.1 Å². The van der Waals surface area contributed by atoms with E-state index in [1.165, 1.54) is 22.9 Å². The van der Waals surface area contributed by atoms with E-state index in [4.69, 9.17) is 14.2 Å². The molecule has 3 aromatic heterocycles. The molecule has 3 aromatic rings. The van der Waals surface area contributed by atoms with Gasteiger partial charge >= 0.3 is 12.2 Å². The van der Waals surface area contributed by atoms with Crippen LogP contribution in [-0.2, 0) is 32.0 Å². The zero-order valence-electron chi connectivity index (χ0n) is 23.9. The third kappa shape index (κ3) is 8.40. The number of nitrogens with one attached hydrogen (secondary N) is 1. The summed E-state index contributed by atoms with van der Waals surface area (Å²) in [6, 6.07) is 3.06. The predicted octanol–water partition coefficient (Wildman–Crippen LogP) is 6.42. The summed E-state index contributed by atoms with van der Waals surface area (Å²) in [6.07, 6.45) is -0.906. The fraction of sp³-hybridized carbons (Fsp3) is 0.556. The number of amides is 3. The maximum absolute atomic E-state index is 13.6. The fourth-order valence-corrected chi connectivity index (χ4v) is 7.87. The fourth-order valence-electron chi connectivity index (χ4n) is 4.04. The quantitative estimate of drug-likeness (QED) is 0.306. The number of carbonyl (C=O) groups excluding carboxylic acids is 3. The van der Waals surface area contributed by atoms with Gasteiger partial charge in [0, 0.05) is 29.3 Å². The molecule has 10 nitrogen and oxygen atoms in total. The van der Waals surface area contributed by atoms with E-state index in [2.05, 4.69) is 25.6 Å². The summed E-state index contributed by atoms with van der Waals surface area (Å²) in [4.78, 5) is 44.8.